The summed E-state index contributed by atoms with van der Waals surface area (Å²) in [4.78, 5) is 29.1. The van der Waals surface area contributed by atoms with Gasteiger partial charge in [0.2, 0.25) is 21.8 Å². The molecule has 3 aromatic carbocycles. The van der Waals surface area contributed by atoms with Crippen LogP contribution in [0, 0.1) is 6.92 Å². The Morgan fingerprint density at radius 3 is 2.27 bits per heavy atom. The molecule has 3 aromatic rings. The van der Waals surface area contributed by atoms with Gasteiger partial charge in [0.25, 0.3) is 0 Å². The summed E-state index contributed by atoms with van der Waals surface area (Å²) in [6.45, 7) is 4.00. The normalized spacial score (nSPS) is 12.0. The molecule has 0 fully saturated rings. The SMILES string of the molecule is CCCCNC(=O)C(Cc1ccccc1)N(Cc1cccc(C)c1)C(=O)CN(c1cccc(Cl)c1Cl)S(C)(=O)=O. The lowest BCUT2D eigenvalue weighted by Gasteiger charge is -2.33. The first-order valence-corrected chi connectivity index (χ1v) is 15.7. The summed E-state index contributed by atoms with van der Waals surface area (Å²) >= 11 is 12.5. The second-order valence-corrected chi connectivity index (χ2v) is 12.4. The molecular formula is C30H35Cl2N3O4S. The van der Waals surface area contributed by atoms with E-state index < -0.39 is 28.5 Å². The summed E-state index contributed by atoms with van der Waals surface area (Å²) in [5, 5.41) is 3.15. The number of benzene rings is 3. The molecule has 0 radical (unpaired) electrons. The van der Waals surface area contributed by atoms with Gasteiger partial charge < -0.3 is 10.2 Å². The molecule has 40 heavy (non-hydrogen) atoms. The van der Waals surface area contributed by atoms with Crippen molar-refractivity contribution in [2.24, 2.45) is 0 Å². The van der Waals surface area contributed by atoms with E-state index in [1.54, 1.807) is 6.07 Å². The van der Waals surface area contributed by atoms with Gasteiger partial charge in [0.15, 0.2) is 0 Å². The molecule has 7 nitrogen and oxygen atoms in total. The molecule has 0 bridgehead atoms. The summed E-state index contributed by atoms with van der Waals surface area (Å²) in [6, 6.07) is 20.8. The first-order valence-electron chi connectivity index (χ1n) is 13.1. The van der Waals surface area contributed by atoms with E-state index in [1.807, 2.05) is 68.4 Å². The highest BCUT2D eigenvalue weighted by molar-refractivity contribution is 7.92. The van der Waals surface area contributed by atoms with Gasteiger partial charge in [-0.3, -0.25) is 13.9 Å². The standard InChI is InChI=1S/C30H35Cl2N3O4S/c1-4-5-17-33-30(37)27(19-23-12-7-6-8-13-23)34(20-24-14-9-11-22(2)18-24)28(36)21-35(40(3,38)39)26-16-10-15-25(31)29(26)32/h6-16,18,27H,4-5,17,19-21H2,1-3H3,(H,33,37). The van der Waals surface area contributed by atoms with Crippen LogP contribution >= 0.6 is 23.2 Å². The van der Waals surface area contributed by atoms with E-state index in [9.17, 15) is 18.0 Å². The van der Waals surface area contributed by atoms with Gasteiger partial charge in [-0.1, -0.05) is 103 Å². The van der Waals surface area contributed by atoms with Crippen molar-refractivity contribution < 1.29 is 18.0 Å². The van der Waals surface area contributed by atoms with Crippen LogP contribution in [0.5, 0.6) is 0 Å². The fraction of sp³-hybridized carbons (Fsp3) is 0.333. The largest absolute Gasteiger partial charge is 0.354 e. The fourth-order valence-corrected chi connectivity index (χ4v) is 5.65. The molecule has 0 aromatic heterocycles. The Balaban J connectivity index is 2.06. The molecule has 0 saturated carbocycles. The highest BCUT2D eigenvalue weighted by Crippen LogP contribution is 2.34. The number of hydrogen-bond donors (Lipinski definition) is 1. The quantitative estimate of drug-likeness (QED) is 0.257. The van der Waals surface area contributed by atoms with Crippen molar-refractivity contribution in [3.63, 3.8) is 0 Å². The lowest BCUT2D eigenvalue weighted by atomic mass is 10.0. The van der Waals surface area contributed by atoms with Crippen LogP contribution in [0.25, 0.3) is 0 Å². The average Bonchev–Trinajstić information content (AvgIpc) is 2.91. The Hall–Kier alpha value is -3.07. The third-order valence-electron chi connectivity index (χ3n) is 6.42. The summed E-state index contributed by atoms with van der Waals surface area (Å²) < 4.78 is 26.7. The molecule has 0 aliphatic heterocycles. The van der Waals surface area contributed by atoms with E-state index in [2.05, 4.69) is 5.32 Å². The Labute approximate surface area is 247 Å². The van der Waals surface area contributed by atoms with Crippen molar-refractivity contribution in [1.29, 1.82) is 0 Å². The van der Waals surface area contributed by atoms with E-state index in [0.717, 1.165) is 40.1 Å². The third kappa shape index (κ3) is 8.71. The van der Waals surface area contributed by atoms with Gasteiger partial charge in [0.1, 0.15) is 12.6 Å². The van der Waals surface area contributed by atoms with Gasteiger partial charge in [0.05, 0.1) is 22.0 Å². The van der Waals surface area contributed by atoms with E-state index in [0.29, 0.717) is 6.54 Å². The zero-order valence-electron chi connectivity index (χ0n) is 22.9. The van der Waals surface area contributed by atoms with E-state index in [1.165, 1.54) is 17.0 Å². The second-order valence-electron chi connectivity index (χ2n) is 9.70. The zero-order valence-corrected chi connectivity index (χ0v) is 25.3. The van der Waals surface area contributed by atoms with Crippen molar-refractivity contribution in [3.8, 4) is 0 Å². The number of nitrogens with zero attached hydrogens (tertiary/aromatic N) is 2. The number of hydrogen-bond acceptors (Lipinski definition) is 4. The lowest BCUT2D eigenvalue weighted by molar-refractivity contribution is -0.140. The monoisotopic (exact) mass is 603 g/mol. The van der Waals surface area contributed by atoms with Gasteiger partial charge in [-0.15, -0.1) is 0 Å². The Kier molecular flexibility index (Phi) is 11.4. The number of anilines is 1. The van der Waals surface area contributed by atoms with E-state index >= 15 is 0 Å². The van der Waals surface area contributed by atoms with Crippen molar-refractivity contribution in [3.05, 3.63) is 99.5 Å². The van der Waals surface area contributed by atoms with Crippen molar-refractivity contribution in [2.75, 3.05) is 23.7 Å². The number of aryl methyl sites for hydroxylation is 1. The van der Waals surface area contributed by atoms with Crippen LogP contribution in [0.2, 0.25) is 10.0 Å². The van der Waals surface area contributed by atoms with Crippen molar-refractivity contribution in [2.45, 2.75) is 45.7 Å². The highest BCUT2D eigenvalue weighted by atomic mass is 35.5. The Morgan fingerprint density at radius 2 is 1.62 bits per heavy atom. The van der Waals surface area contributed by atoms with Gasteiger partial charge >= 0.3 is 0 Å². The number of halogens is 2. The number of sulfonamides is 1. The minimum absolute atomic E-state index is 0.0192. The molecule has 1 N–H and O–H groups in total. The predicted octanol–water partition coefficient (Wildman–Crippen LogP) is 5.62. The van der Waals surface area contributed by atoms with E-state index in [4.69, 9.17) is 23.2 Å². The Morgan fingerprint density at radius 1 is 0.950 bits per heavy atom. The van der Waals surface area contributed by atoms with Gasteiger partial charge in [-0.05, 0) is 36.6 Å². The maximum atomic E-state index is 14.1. The number of carbonyl (C=O) groups excluding carboxylic acids is 2. The van der Waals surface area contributed by atoms with Crippen LogP contribution in [-0.2, 0) is 32.6 Å². The molecule has 0 aliphatic rings. The molecule has 10 heteroatoms. The zero-order chi connectivity index (χ0) is 29.3. The van der Waals surface area contributed by atoms with Crippen LogP contribution < -0.4 is 9.62 Å². The van der Waals surface area contributed by atoms with Crippen LogP contribution in [0.15, 0.2) is 72.8 Å². The summed E-state index contributed by atoms with van der Waals surface area (Å²) in [6.07, 6.45) is 2.96. The molecule has 1 atom stereocenters. The lowest BCUT2D eigenvalue weighted by Crippen LogP contribution is -2.53. The number of unbranched alkanes of at least 4 members (excludes halogenated alkanes) is 1. The topological polar surface area (TPSA) is 86.8 Å². The number of rotatable bonds is 13. The van der Waals surface area contributed by atoms with Gasteiger partial charge in [-0.25, -0.2) is 8.42 Å². The molecular weight excluding hydrogens is 569 g/mol. The highest BCUT2D eigenvalue weighted by Gasteiger charge is 2.33. The van der Waals surface area contributed by atoms with Crippen LogP contribution in [0.1, 0.15) is 36.5 Å². The number of nitrogens with one attached hydrogen (secondary N) is 1. The summed E-state index contributed by atoms with van der Waals surface area (Å²) in [5.74, 6) is -0.848. The molecule has 0 saturated heterocycles. The molecule has 2 amide bonds. The first kappa shape index (κ1) is 31.5. The van der Waals surface area contributed by atoms with Crippen molar-refractivity contribution in [1.82, 2.24) is 10.2 Å². The minimum atomic E-state index is -3.95. The maximum absolute atomic E-state index is 14.1. The van der Waals surface area contributed by atoms with Crippen LogP contribution in [0.4, 0.5) is 5.69 Å². The molecule has 1 unspecified atom stereocenters. The third-order valence-corrected chi connectivity index (χ3v) is 8.35. The predicted molar refractivity (Wildman–Crippen MR) is 162 cm³/mol. The summed E-state index contributed by atoms with van der Waals surface area (Å²) in [5.41, 5.74) is 2.78. The van der Waals surface area contributed by atoms with Gasteiger partial charge in [-0.2, -0.15) is 0 Å². The Bertz CT molecular complexity index is 1420. The number of carbonyl (C=O) groups is 2. The fourth-order valence-electron chi connectivity index (χ4n) is 4.35. The first-order chi connectivity index (χ1) is 19.0. The molecule has 0 spiro atoms. The molecule has 0 heterocycles. The second kappa shape index (κ2) is 14.5. The van der Waals surface area contributed by atoms with Crippen LogP contribution in [-0.4, -0.2) is 50.5 Å². The van der Waals surface area contributed by atoms with Crippen LogP contribution in [0.3, 0.4) is 0 Å². The number of amides is 2. The molecule has 3 rings (SSSR count). The van der Waals surface area contributed by atoms with Crippen molar-refractivity contribution >= 4 is 50.7 Å². The van der Waals surface area contributed by atoms with E-state index in [-0.39, 0.29) is 34.6 Å². The maximum Gasteiger partial charge on any atom is 0.244 e. The average molecular weight is 605 g/mol. The summed E-state index contributed by atoms with van der Waals surface area (Å²) in [7, 11) is -3.95. The smallest absolute Gasteiger partial charge is 0.244 e. The molecule has 214 valence electrons. The minimum Gasteiger partial charge on any atom is -0.354 e. The van der Waals surface area contributed by atoms with Gasteiger partial charge in [0, 0.05) is 19.5 Å². The molecule has 0 aliphatic carbocycles.